The fourth-order valence-electron chi connectivity index (χ4n) is 4.21. The lowest BCUT2D eigenvalue weighted by Crippen LogP contribution is -2.40. The summed E-state index contributed by atoms with van der Waals surface area (Å²) >= 11 is 0. The maximum absolute atomic E-state index is 12.7. The molecule has 2 aromatic carbocycles. The predicted molar refractivity (Wildman–Crippen MR) is 130 cm³/mol. The molecule has 32 heavy (non-hydrogen) atoms. The largest absolute Gasteiger partial charge is 0.356 e. The van der Waals surface area contributed by atoms with Crippen molar-refractivity contribution in [1.82, 2.24) is 15.3 Å². The van der Waals surface area contributed by atoms with Crippen molar-refractivity contribution in [2.24, 2.45) is 5.92 Å². The first kappa shape index (κ1) is 22.0. The minimum Gasteiger partial charge on any atom is -0.356 e. The molecule has 0 radical (unpaired) electrons. The van der Waals surface area contributed by atoms with Crippen molar-refractivity contribution in [3.8, 4) is 11.3 Å². The van der Waals surface area contributed by atoms with E-state index in [-0.39, 0.29) is 11.8 Å². The van der Waals surface area contributed by atoms with E-state index in [1.807, 2.05) is 0 Å². The smallest absolute Gasteiger partial charge is 0.223 e. The van der Waals surface area contributed by atoms with Gasteiger partial charge in [-0.25, -0.2) is 9.97 Å². The first-order chi connectivity index (χ1) is 15.5. The highest BCUT2D eigenvalue weighted by Crippen LogP contribution is 2.25. The molecule has 1 aliphatic rings. The van der Waals surface area contributed by atoms with Crippen molar-refractivity contribution in [2.45, 2.75) is 46.1 Å². The number of carbonyl (C=O) groups is 1. The zero-order chi connectivity index (χ0) is 22.5. The fraction of sp³-hybridized carbons (Fsp3) is 0.370. The first-order valence-corrected chi connectivity index (χ1v) is 11.5. The number of carbonyl (C=O) groups excluding carboxylic acids is 1. The Hall–Kier alpha value is -3.21. The number of piperidine rings is 1. The van der Waals surface area contributed by atoms with E-state index in [0.29, 0.717) is 12.5 Å². The van der Waals surface area contributed by atoms with Crippen molar-refractivity contribution >= 4 is 11.7 Å². The summed E-state index contributed by atoms with van der Waals surface area (Å²) in [5.74, 6) is 1.66. The van der Waals surface area contributed by atoms with Gasteiger partial charge in [0.1, 0.15) is 12.1 Å². The van der Waals surface area contributed by atoms with Crippen LogP contribution in [0.15, 0.2) is 60.9 Å². The Kier molecular flexibility index (Phi) is 6.84. The molecule has 2 heterocycles. The molecule has 5 heteroatoms. The van der Waals surface area contributed by atoms with Gasteiger partial charge in [-0.3, -0.25) is 4.79 Å². The van der Waals surface area contributed by atoms with Crippen LogP contribution in [0.3, 0.4) is 0 Å². The molecule has 0 spiro atoms. The summed E-state index contributed by atoms with van der Waals surface area (Å²) in [6, 6.07) is 18.9. The van der Waals surface area contributed by atoms with Crippen LogP contribution in [0.4, 0.5) is 5.82 Å². The Morgan fingerprint density at radius 2 is 1.81 bits per heavy atom. The molecular formula is C27H32N4O. The standard InChI is InChI=1S/C27H32N4O/c1-19(2)22-9-7-21(8-10-22)17-28-27(32)23-11-13-31(14-12-23)26-16-25(29-18-30-26)24-6-4-5-20(3)15-24/h4-10,15-16,18-19,23H,11-14,17H2,1-3H3,(H,28,32). The molecule has 0 atom stereocenters. The summed E-state index contributed by atoms with van der Waals surface area (Å²) in [6.07, 6.45) is 3.31. The molecular weight excluding hydrogens is 396 g/mol. The summed E-state index contributed by atoms with van der Waals surface area (Å²) in [6.45, 7) is 8.70. The van der Waals surface area contributed by atoms with Crippen LogP contribution in [0, 0.1) is 12.8 Å². The number of hydrogen-bond acceptors (Lipinski definition) is 4. The molecule has 4 rings (SSSR count). The van der Waals surface area contributed by atoms with Crippen molar-refractivity contribution < 1.29 is 4.79 Å². The van der Waals surface area contributed by atoms with Gasteiger partial charge in [-0.2, -0.15) is 0 Å². The third kappa shape index (κ3) is 5.34. The lowest BCUT2D eigenvalue weighted by Gasteiger charge is -2.32. The molecule has 1 aliphatic heterocycles. The van der Waals surface area contributed by atoms with Gasteiger partial charge >= 0.3 is 0 Å². The van der Waals surface area contributed by atoms with E-state index in [2.05, 4.69) is 95.6 Å². The Labute approximate surface area is 190 Å². The van der Waals surface area contributed by atoms with Crippen LogP contribution in [0.2, 0.25) is 0 Å². The van der Waals surface area contributed by atoms with Crippen LogP contribution in [-0.2, 0) is 11.3 Å². The number of amides is 1. The van der Waals surface area contributed by atoms with Crippen molar-refractivity contribution in [2.75, 3.05) is 18.0 Å². The minimum absolute atomic E-state index is 0.0549. The summed E-state index contributed by atoms with van der Waals surface area (Å²) in [4.78, 5) is 23.9. The Morgan fingerprint density at radius 3 is 2.50 bits per heavy atom. The van der Waals surface area contributed by atoms with Gasteiger partial charge in [0.25, 0.3) is 0 Å². The van der Waals surface area contributed by atoms with Crippen molar-refractivity contribution in [3.63, 3.8) is 0 Å². The second kappa shape index (κ2) is 9.94. The molecule has 1 fully saturated rings. The third-order valence-corrected chi connectivity index (χ3v) is 6.27. The van der Waals surface area contributed by atoms with Gasteiger partial charge in [0.2, 0.25) is 5.91 Å². The molecule has 0 bridgehead atoms. The van der Waals surface area contributed by atoms with Gasteiger partial charge in [-0.15, -0.1) is 0 Å². The number of hydrogen-bond donors (Lipinski definition) is 1. The SMILES string of the molecule is Cc1cccc(-c2cc(N3CCC(C(=O)NCc4ccc(C(C)C)cc4)CC3)ncn2)c1. The van der Waals surface area contributed by atoms with E-state index < -0.39 is 0 Å². The number of nitrogens with one attached hydrogen (secondary N) is 1. The summed E-state index contributed by atoms with van der Waals surface area (Å²) in [5, 5.41) is 3.12. The number of benzene rings is 2. The van der Waals surface area contributed by atoms with Crippen LogP contribution >= 0.6 is 0 Å². The maximum Gasteiger partial charge on any atom is 0.223 e. The van der Waals surface area contributed by atoms with Gasteiger partial charge in [-0.05, 0) is 42.9 Å². The molecule has 1 N–H and O–H groups in total. The molecule has 0 aliphatic carbocycles. The fourth-order valence-corrected chi connectivity index (χ4v) is 4.21. The van der Waals surface area contributed by atoms with E-state index in [1.165, 1.54) is 11.1 Å². The summed E-state index contributed by atoms with van der Waals surface area (Å²) < 4.78 is 0. The topological polar surface area (TPSA) is 58.1 Å². The van der Waals surface area contributed by atoms with Crippen LogP contribution < -0.4 is 10.2 Å². The van der Waals surface area contributed by atoms with Gasteiger partial charge in [0.05, 0.1) is 5.69 Å². The predicted octanol–water partition coefficient (Wildman–Crippen LogP) is 5.11. The van der Waals surface area contributed by atoms with Gasteiger partial charge in [0.15, 0.2) is 0 Å². The molecule has 0 saturated carbocycles. The Bertz CT molecular complexity index is 1050. The summed E-state index contributed by atoms with van der Waals surface area (Å²) in [5.41, 5.74) is 5.71. The quantitative estimate of drug-likeness (QED) is 0.593. The van der Waals surface area contributed by atoms with Gasteiger partial charge in [-0.1, -0.05) is 61.9 Å². The minimum atomic E-state index is 0.0549. The highest BCUT2D eigenvalue weighted by Gasteiger charge is 2.25. The van der Waals surface area contributed by atoms with Gasteiger partial charge in [0, 0.05) is 37.2 Å². The monoisotopic (exact) mass is 428 g/mol. The van der Waals surface area contributed by atoms with Crippen LogP contribution in [-0.4, -0.2) is 29.0 Å². The summed E-state index contributed by atoms with van der Waals surface area (Å²) in [7, 11) is 0. The van der Waals surface area contributed by atoms with Crippen molar-refractivity contribution in [3.05, 3.63) is 77.6 Å². The second-order valence-corrected chi connectivity index (χ2v) is 9.01. The van der Waals surface area contributed by atoms with Gasteiger partial charge < -0.3 is 10.2 Å². The molecule has 1 aromatic heterocycles. The number of aryl methyl sites for hydroxylation is 1. The van der Waals surface area contributed by atoms with Crippen LogP contribution in [0.5, 0.6) is 0 Å². The zero-order valence-electron chi connectivity index (χ0n) is 19.2. The molecule has 5 nitrogen and oxygen atoms in total. The zero-order valence-corrected chi connectivity index (χ0v) is 19.2. The highest BCUT2D eigenvalue weighted by molar-refractivity contribution is 5.79. The lowest BCUT2D eigenvalue weighted by atomic mass is 9.95. The van der Waals surface area contributed by atoms with E-state index >= 15 is 0 Å². The lowest BCUT2D eigenvalue weighted by molar-refractivity contribution is -0.125. The van der Waals surface area contributed by atoms with Crippen LogP contribution in [0.1, 0.15) is 49.3 Å². The maximum atomic E-state index is 12.7. The van der Waals surface area contributed by atoms with E-state index in [0.717, 1.165) is 48.6 Å². The number of anilines is 1. The van der Waals surface area contributed by atoms with E-state index in [9.17, 15) is 4.79 Å². The Morgan fingerprint density at radius 1 is 1.06 bits per heavy atom. The average molecular weight is 429 g/mol. The molecule has 1 saturated heterocycles. The van der Waals surface area contributed by atoms with E-state index in [1.54, 1.807) is 6.33 Å². The molecule has 0 unspecified atom stereocenters. The Balaban J connectivity index is 1.31. The molecule has 3 aromatic rings. The molecule has 166 valence electrons. The number of rotatable bonds is 6. The first-order valence-electron chi connectivity index (χ1n) is 11.5. The van der Waals surface area contributed by atoms with Crippen LogP contribution in [0.25, 0.3) is 11.3 Å². The number of nitrogens with zero attached hydrogens (tertiary/aromatic N) is 3. The second-order valence-electron chi connectivity index (χ2n) is 9.01. The number of aromatic nitrogens is 2. The normalized spacial score (nSPS) is 14.6. The average Bonchev–Trinajstić information content (AvgIpc) is 2.83. The van der Waals surface area contributed by atoms with E-state index in [4.69, 9.17) is 0 Å². The third-order valence-electron chi connectivity index (χ3n) is 6.27. The molecule has 1 amide bonds. The van der Waals surface area contributed by atoms with Crippen molar-refractivity contribution in [1.29, 1.82) is 0 Å². The highest BCUT2D eigenvalue weighted by atomic mass is 16.1.